The lowest BCUT2D eigenvalue weighted by atomic mass is 10.1. The van der Waals surface area contributed by atoms with E-state index in [-0.39, 0.29) is 23.4 Å². The minimum atomic E-state index is -0.754. The van der Waals surface area contributed by atoms with E-state index in [1.165, 1.54) is 12.1 Å². The smallest absolute Gasteiger partial charge is 0.343 e. The van der Waals surface area contributed by atoms with Crippen LogP contribution in [0.25, 0.3) is 6.08 Å². The van der Waals surface area contributed by atoms with E-state index >= 15 is 0 Å². The third kappa shape index (κ3) is 4.18. The quantitative estimate of drug-likeness (QED) is 0.151. The second kappa shape index (κ2) is 7.66. The summed E-state index contributed by atoms with van der Waals surface area (Å²) in [5.74, 6) is 0.447. The van der Waals surface area contributed by atoms with Gasteiger partial charge in [-0.3, -0.25) is 27.9 Å². The lowest BCUT2D eigenvalue weighted by Gasteiger charge is -2.31. The molecule has 12 N–H and O–H groups in total. The van der Waals surface area contributed by atoms with Gasteiger partial charge in [-0.25, -0.2) is 4.99 Å². The van der Waals surface area contributed by atoms with E-state index in [1.807, 2.05) is 6.07 Å². The molecular formula is C18H22N6O4+2. The second-order valence-corrected chi connectivity index (χ2v) is 6.06. The van der Waals surface area contributed by atoms with Gasteiger partial charge in [0.2, 0.25) is 0 Å². The molecule has 0 amide bonds. The van der Waals surface area contributed by atoms with Crippen LogP contribution in [0.5, 0.6) is 23.0 Å². The normalized spacial score (nSPS) is 17.9. The van der Waals surface area contributed by atoms with Gasteiger partial charge in [0.15, 0.2) is 29.1 Å². The standard InChI is InChI=1S/C18H20N6O4/c19-17(20)23-6-5-9-1-4-13-14(7-9)27-15(16(28-13)24-18(21)22)10-2-3-11(25)12(26)8-10/h1-8,15-16,25-26H,(H4,19,20,23)(H4,21,22,24)/p+2/b6-5+/t15-,16-/m1/s1. The molecule has 0 aliphatic carbocycles. The summed E-state index contributed by atoms with van der Waals surface area (Å²) in [6.45, 7) is 0. The first-order valence-electron chi connectivity index (χ1n) is 8.28. The zero-order valence-corrected chi connectivity index (χ0v) is 14.8. The van der Waals surface area contributed by atoms with Crippen molar-refractivity contribution in [2.75, 3.05) is 0 Å². The van der Waals surface area contributed by atoms with E-state index in [2.05, 4.69) is 9.98 Å². The Balaban J connectivity index is 1.97. The van der Waals surface area contributed by atoms with Crippen LogP contribution < -0.4 is 42.4 Å². The van der Waals surface area contributed by atoms with Crippen LogP contribution >= 0.6 is 0 Å². The summed E-state index contributed by atoms with van der Waals surface area (Å²) < 4.78 is 12.0. The molecule has 0 saturated carbocycles. The van der Waals surface area contributed by atoms with Gasteiger partial charge in [-0.1, -0.05) is 12.1 Å². The number of aromatic hydroxyl groups is 2. The summed E-state index contributed by atoms with van der Waals surface area (Å²) in [5, 5.41) is 19.4. The molecule has 1 aliphatic heterocycles. The molecule has 2 aromatic rings. The number of ether oxygens (including phenoxy) is 2. The van der Waals surface area contributed by atoms with Crippen LogP contribution in [-0.4, -0.2) is 28.4 Å². The number of hydrogen-bond acceptors (Lipinski definition) is 4. The van der Waals surface area contributed by atoms with Crippen molar-refractivity contribution in [3.8, 4) is 23.0 Å². The first-order valence-corrected chi connectivity index (χ1v) is 8.28. The molecule has 0 fully saturated rings. The Morgan fingerprint density at radius 2 is 1.68 bits per heavy atom. The Morgan fingerprint density at radius 1 is 0.893 bits per heavy atom. The van der Waals surface area contributed by atoms with Gasteiger partial charge in [0, 0.05) is 5.56 Å². The number of hydrogen-bond donors (Lipinski definition) is 8. The van der Waals surface area contributed by atoms with Crippen LogP contribution in [0.4, 0.5) is 0 Å². The molecule has 10 heteroatoms. The zero-order valence-electron chi connectivity index (χ0n) is 14.8. The number of phenols is 2. The summed E-state index contributed by atoms with van der Waals surface area (Å²) in [4.78, 5) is 5.47. The van der Waals surface area contributed by atoms with Gasteiger partial charge in [-0.15, -0.1) is 0 Å². The zero-order chi connectivity index (χ0) is 20.3. The van der Waals surface area contributed by atoms with Crippen molar-refractivity contribution in [2.24, 2.45) is 22.9 Å². The van der Waals surface area contributed by atoms with E-state index in [0.29, 0.717) is 17.1 Å². The molecule has 0 unspecified atom stereocenters. The molecule has 0 bridgehead atoms. The molecule has 146 valence electrons. The summed E-state index contributed by atoms with van der Waals surface area (Å²) in [5.41, 5.74) is 23.2. The maximum absolute atomic E-state index is 9.82. The van der Waals surface area contributed by atoms with E-state index in [9.17, 15) is 10.2 Å². The molecule has 2 aromatic carbocycles. The van der Waals surface area contributed by atoms with Crippen molar-refractivity contribution in [3.05, 3.63) is 53.7 Å². The maximum atomic E-state index is 9.82. The highest BCUT2D eigenvalue weighted by Gasteiger charge is 2.34. The Hall–Kier alpha value is -4.08. The Bertz CT molecular complexity index is 965. The van der Waals surface area contributed by atoms with E-state index in [1.54, 1.807) is 30.5 Å². The summed E-state index contributed by atoms with van der Waals surface area (Å²) in [6.07, 6.45) is 1.88. The Labute approximate surface area is 160 Å². The van der Waals surface area contributed by atoms with Gasteiger partial charge in [0.25, 0.3) is 6.23 Å². The van der Waals surface area contributed by atoms with Crippen LogP contribution in [0.1, 0.15) is 17.2 Å². The van der Waals surface area contributed by atoms with E-state index in [0.717, 1.165) is 5.56 Å². The van der Waals surface area contributed by atoms with Crippen molar-refractivity contribution in [3.63, 3.8) is 0 Å². The number of fused-ring (bicyclic) bond motifs is 1. The predicted octanol–water partition coefficient (Wildman–Crippen LogP) is -3.38. The average Bonchev–Trinajstić information content (AvgIpc) is 2.63. The average molecular weight is 386 g/mol. The van der Waals surface area contributed by atoms with Gasteiger partial charge in [0.05, 0.1) is 6.20 Å². The molecule has 0 radical (unpaired) electrons. The Morgan fingerprint density at radius 3 is 2.36 bits per heavy atom. The largest absolute Gasteiger partial charge is 0.504 e. The monoisotopic (exact) mass is 386 g/mol. The van der Waals surface area contributed by atoms with Crippen LogP contribution in [-0.2, 0) is 0 Å². The predicted molar refractivity (Wildman–Crippen MR) is 102 cm³/mol. The minimum absolute atomic E-state index is 0.0497. The highest BCUT2D eigenvalue weighted by molar-refractivity contribution is 5.70. The second-order valence-electron chi connectivity index (χ2n) is 6.06. The van der Waals surface area contributed by atoms with Crippen LogP contribution in [0, 0.1) is 0 Å². The lowest BCUT2D eigenvalue weighted by Crippen LogP contribution is -2.87. The van der Waals surface area contributed by atoms with Gasteiger partial charge >= 0.3 is 11.9 Å². The third-order valence-electron chi connectivity index (χ3n) is 3.91. The number of rotatable bonds is 4. The fourth-order valence-electron chi connectivity index (χ4n) is 2.68. The molecule has 0 saturated heterocycles. The number of phenolic OH excluding ortho intramolecular Hbond substituents is 2. The molecule has 1 heterocycles. The minimum Gasteiger partial charge on any atom is -0.504 e. The number of nitrogens with two attached hydrogens (primary N) is 4. The SMILES string of the molecule is NC(N)=[NH+]/C=C/c1ccc2c(c1)O[C@H](c1ccc(O)c(O)c1)[C@H]([NH+]=C(N)N)O2. The molecular weight excluding hydrogens is 364 g/mol. The number of guanidine groups is 2. The van der Waals surface area contributed by atoms with Crippen molar-refractivity contribution in [1.82, 2.24) is 0 Å². The maximum Gasteiger partial charge on any atom is 0.343 e. The molecule has 0 spiro atoms. The van der Waals surface area contributed by atoms with Gasteiger partial charge in [-0.2, -0.15) is 0 Å². The van der Waals surface area contributed by atoms with Crippen LogP contribution in [0.2, 0.25) is 0 Å². The number of nitrogens with one attached hydrogen (secondary N) is 2. The number of benzene rings is 2. The molecule has 3 rings (SSSR count). The molecule has 1 aliphatic rings. The lowest BCUT2D eigenvalue weighted by molar-refractivity contribution is -0.565. The molecule has 10 nitrogen and oxygen atoms in total. The van der Waals surface area contributed by atoms with Crippen LogP contribution in [0.15, 0.2) is 42.6 Å². The highest BCUT2D eigenvalue weighted by atomic mass is 16.6. The highest BCUT2D eigenvalue weighted by Crippen LogP contribution is 2.40. The van der Waals surface area contributed by atoms with Crippen molar-refractivity contribution >= 4 is 18.0 Å². The van der Waals surface area contributed by atoms with Gasteiger partial charge in [-0.05, 0) is 35.9 Å². The first-order chi connectivity index (χ1) is 13.3. The van der Waals surface area contributed by atoms with Crippen molar-refractivity contribution < 1.29 is 29.7 Å². The summed E-state index contributed by atoms with van der Waals surface area (Å²) in [7, 11) is 0. The first kappa shape index (κ1) is 18.7. The fourth-order valence-corrected chi connectivity index (χ4v) is 2.68. The topological polar surface area (TPSA) is 191 Å². The molecule has 2 atom stereocenters. The van der Waals surface area contributed by atoms with Crippen molar-refractivity contribution in [2.45, 2.75) is 12.3 Å². The fraction of sp³-hybridized carbons (Fsp3) is 0.111. The summed E-state index contributed by atoms with van der Waals surface area (Å²) in [6, 6.07) is 9.64. The molecule has 0 aromatic heterocycles. The Kier molecular flexibility index (Phi) is 5.12. The van der Waals surface area contributed by atoms with Gasteiger partial charge in [0.1, 0.15) is 0 Å². The third-order valence-corrected chi connectivity index (χ3v) is 3.91. The van der Waals surface area contributed by atoms with E-state index in [4.69, 9.17) is 32.4 Å². The molecule has 28 heavy (non-hydrogen) atoms. The van der Waals surface area contributed by atoms with Crippen LogP contribution in [0.3, 0.4) is 0 Å². The van der Waals surface area contributed by atoms with E-state index < -0.39 is 12.3 Å². The van der Waals surface area contributed by atoms with Crippen molar-refractivity contribution in [1.29, 1.82) is 0 Å². The van der Waals surface area contributed by atoms with Gasteiger partial charge < -0.3 is 19.7 Å². The summed E-state index contributed by atoms with van der Waals surface area (Å²) >= 11 is 0.